The van der Waals surface area contributed by atoms with Crippen molar-refractivity contribution < 1.29 is 4.79 Å². The molecule has 0 radical (unpaired) electrons. The van der Waals surface area contributed by atoms with Crippen molar-refractivity contribution in [1.29, 1.82) is 0 Å². The summed E-state index contributed by atoms with van der Waals surface area (Å²) in [6.45, 7) is 4.30. The van der Waals surface area contributed by atoms with Gasteiger partial charge in [0.05, 0.1) is 0 Å². The van der Waals surface area contributed by atoms with Gasteiger partial charge in [0.2, 0.25) is 5.91 Å². The molecule has 0 aromatic heterocycles. The second-order valence-electron chi connectivity index (χ2n) is 5.79. The van der Waals surface area contributed by atoms with E-state index in [-0.39, 0.29) is 11.9 Å². The van der Waals surface area contributed by atoms with E-state index < -0.39 is 0 Å². The third-order valence-corrected chi connectivity index (χ3v) is 3.84. The summed E-state index contributed by atoms with van der Waals surface area (Å²) in [4.78, 5) is 16.6. The number of carbonyl (C=O) groups is 1. The summed E-state index contributed by atoms with van der Waals surface area (Å²) in [5.74, 6) is 0.857. The maximum Gasteiger partial charge on any atom is 0.244 e. The fraction of sp³-hybridized carbons (Fsp3) is 0.562. The van der Waals surface area contributed by atoms with Crippen LogP contribution in [0.1, 0.15) is 31.4 Å². The molecule has 0 unspecified atom stereocenters. The van der Waals surface area contributed by atoms with Crippen LogP contribution in [0.5, 0.6) is 0 Å². The van der Waals surface area contributed by atoms with Crippen LogP contribution in [0, 0.1) is 5.92 Å². The van der Waals surface area contributed by atoms with Gasteiger partial charge in [-0.3, -0.25) is 9.69 Å². The molecule has 1 saturated heterocycles. The zero-order chi connectivity index (χ0) is 13.8. The van der Waals surface area contributed by atoms with Crippen molar-refractivity contribution >= 4 is 5.91 Å². The van der Waals surface area contributed by atoms with Crippen molar-refractivity contribution in [2.24, 2.45) is 5.92 Å². The zero-order valence-corrected chi connectivity index (χ0v) is 12.2. The number of piperidine rings is 1. The van der Waals surface area contributed by atoms with Gasteiger partial charge in [0.15, 0.2) is 0 Å². The number of benzene rings is 1. The molecule has 1 amide bonds. The van der Waals surface area contributed by atoms with Gasteiger partial charge in [0, 0.05) is 20.6 Å². The van der Waals surface area contributed by atoms with E-state index >= 15 is 0 Å². The van der Waals surface area contributed by atoms with Crippen molar-refractivity contribution in [2.45, 2.75) is 25.8 Å². The van der Waals surface area contributed by atoms with Crippen LogP contribution >= 0.6 is 0 Å². The highest BCUT2D eigenvalue weighted by atomic mass is 16.2. The Morgan fingerprint density at radius 2 is 2.00 bits per heavy atom. The van der Waals surface area contributed by atoms with E-state index in [1.165, 1.54) is 12.8 Å². The van der Waals surface area contributed by atoms with E-state index in [0.717, 1.165) is 18.7 Å². The Balaban J connectivity index is 2.26. The lowest BCUT2D eigenvalue weighted by Gasteiger charge is -2.37. The number of amides is 1. The Morgan fingerprint density at radius 1 is 1.32 bits per heavy atom. The van der Waals surface area contributed by atoms with Gasteiger partial charge in [-0.15, -0.1) is 0 Å². The highest BCUT2D eigenvalue weighted by Crippen LogP contribution is 2.27. The molecule has 19 heavy (non-hydrogen) atoms. The minimum absolute atomic E-state index is 0.126. The predicted octanol–water partition coefficient (Wildman–Crippen LogP) is 2.55. The van der Waals surface area contributed by atoms with Gasteiger partial charge < -0.3 is 4.90 Å². The van der Waals surface area contributed by atoms with Crippen LogP contribution in [0.15, 0.2) is 30.3 Å². The molecule has 2 rings (SSSR count). The minimum atomic E-state index is -0.126. The molecule has 0 N–H and O–H groups in total. The molecule has 0 saturated carbocycles. The van der Waals surface area contributed by atoms with Crippen molar-refractivity contribution in [1.82, 2.24) is 9.80 Å². The van der Waals surface area contributed by atoms with Gasteiger partial charge in [0.25, 0.3) is 0 Å². The van der Waals surface area contributed by atoms with Crippen LogP contribution in [0.2, 0.25) is 0 Å². The number of likely N-dealkylation sites (N-methyl/N-ethyl adjacent to an activating group) is 1. The molecule has 1 aliphatic heterocycles. The largest absolute Gasteiger partial charge is 0.347 e. The molecule has 2 atom stereocenters. The molecular weight excluding hydrogens is 236 g/mol. The quantitative estimate of drug-likeness (QED) is 0.834. The first-order valence-corrected chi connectivity index (χ1v) is 7.09. The van der Waals surface area contributed by atoms with Crippen LogP contribution in [-0.2, 0) is 4.79 Å². The van der Waals surface area contributed by atoms with Gasteiger partial charge in [-0.25, -0.2) is 0 Å². The molecule has 1 aromatic carbocycles. The van der Waals surface area contributed by atoms with Crippen molar-refractivity contribution in [3.8, 4) is 0 Å². The zero-order valence-electron chi connectivity index (χ0n) is 12.2. The summed E-state index contributed by atoms with van der Waals surface area (Å²) < 4.78 is 0. The van der Waals surface area contributed by atoms with Crippen molar-refractivity contribution in [3.05, 3.63) is 35.9 Å². The third-order valence-electron chi connectivity index (χ3n) is 3.84. The van der Waals surface area contributed by atoms with Gasteiger partial charge in [-0.2, -0.15) is 0 Å². The first-order chi connectivity index (χ1) is 9.09. The lowest BCUT2D eigenvalue weighted by Crippen LogP contribution is -2.44. The van der Waals surface area contributed by atoms with Gasteiger partial charge in [-0.1, -0.05) is 37.3 Å². The smallest absolute Gasteiger partial charge is 0.244 e. The van der Waals surface area contributed by atoms with E-state index in [1.54, 1.807) is 4.90 Å². The van der Waals surface area contributed by atoms with E-state index in [1.807, 2.05) is 32.3 Å². The summed E-state index contributed by atoms with van der Waals surface area (Å²) in [6, 6.07) is 10.0. The van der Waals surface area contributed by atoms with Crippen LogP contribution < -0.4 is 0 Å². The lowest BCUT2D eigenvalue weighted by molar-refractivity contribution is -0.135. The minimum Gasteiger partial charge on any atom is -0.347 e. The second kappa shape index (κ2) is 6.20. The SMILES string of the molecule is C[C@H]1CCCN([C@@H](C(=O)N(C)C)c2ccccc2)C1. The first-order valence-electron chi connectivity index (χ1n) is 7.09. The van der Waals surface area contributed by atoms with E-state index in [2.05, 4.69) is 24.0 Å². The van der Waals surface area contributed by atoms with Gasteiger partial charge >= 0.3 is 0 Å². The van der Waals surface area contributed by atoms with Crippen molar-refractivity contribution in [3.63, 3.8) is 0 Å². The highest BCUT2D eigenvalue weighted by molar-refractivity contribution is 5.82. The fourth-order valence-electron chi connectivity index (χ4n) is 2.85. The maximum absolute atomic E-state index is 12.5. The predicted molar refractivity (Wildman–Crippen MR) is 77.8 cm³/mol. The molecule has 1 aliphatic rings. The second-order valence-corrected chi connectivity index (χ2v) is 5.79. The highest BCUT2D eigenvalue weighted by Gasteiger charge is 2.31. The number of hydrogen-bond donors (Lipinski definition) is 0. The number of likely N-dealkylation sites (tertiary alicyclic amines) is 1. The van der Waals surface area contributed by atoms with Gasteiger partial charge in [0.1, 0.15) is 6.04 Å². The molecule has 3 heteroatoms. The Bertz CT molecular complexity index is 416. The number of carbonyl (C=O) groups excluding carboxylic acids is 1. The molecule has 0 spiro atoms. The summed E-state index contributed by atoms with van der Waals surface area (Å²) in [6.07, 6.45) is 2.46. The number of rotatable bonds is 3. The summed E-state index contributed by atoms with van der Waals surface area (Å²) in [5.41, 5.74) is 1.11. The molecule has 1 fully saturated rings. The molecule has 0 bridgehead atoms. The molecule has 104 valence electrons. The summed E-state index contributed by atoms with van der Waals surface area (Å²) in [7, 11) is 3.68. The average molecular weight is 260 g/mol. The number of nitrogens with zero attached hydrogens (tertiary/aromatic N) is 2. The molecule has 0 aliphatic carbocycles. The summed E-state index contributed by atoms with van der Waals surface area (Å²) in [5, 5.41) is 0. The van der Waals surface area contributed by atoms with Crippen LogP contribution in [0.4, 0.5) is 0 Å². The van der Waals surface area contributed by atoms with E-state index in [0.29, 0.717) is 5.92 Å². The van der Waals surface area contributed by atoms with Gasteiger partial charge in [-0.05, 0) is 30.9 Å². The third kappa shape index (κ3) is 3.35. The summed E-state index contributed by atoms with van der Waals surface area (Å²) >= 11 is 0. The van der Waals surface area contributed by atoms with Crippen LogP contribution in [-0.4, -0.2) is 42.9 Å². The monoisotopic (exact) mass is 260 g/mol. The van der Waals surface area contributed by atoms with Crippen molar-refractivity contribution in [2.75, 3.05) is 27.2 Å². The Kier molecular flexibility index (Phi) is 4.59. The molecule has 1 aromatic rings. The topological polar surface area (TPSA) is 23.6 Å². The first kappa shape index (κ1) is 14.1. The Labute approximate surface area is 116 Å². The molecule has 3 nitrogen and oxygen atoms in total. The fourth-order valence-corrected chi connectivity index (χ4v) is 2.85. The lowest BCUT2D eigenvalue weighted by atomic mass is 9.95. The number of hydrogen-bond acceptors (Lipinski definition) is 2. The van der Waals surface area contributed by atoms with E-state index in [4.69, 9.17) is 0 Å². The Hall–Kier alpha value is -1.35. The standard InChI is InChI=1S/C16H24N2O/c1-13-8-7-11-18(12-13)15(16(19)17(2)3)14-9-5-4-6-10-14/h4-6,9-10,13,15H,7-8,11-12H2,1-3H3/t13-,15+/m0/s1. The average Bonchev–Trinajstić information content (AvgIpc) is 2.40. The van der Waals surface area contributed by atoms with E-state index in [9.17, 15) is 4.79 Å². The molecule has 1 heterocycles. The Morgan fingerprint density at radius 3 is 2.58 bits per heavy atom. The maximum atomic E-state index is 12.5. The normalized spacial score (nSPS) is 21.9. The van der Waals surface area contributed by atoms with Crippen LogP contribution in [0.3, 0.4) is 0 Å². The van der Waals surface area contributed by atoms with Crippen LogP contribution in [0.25, 0.3) is 0 Å². The molecular formula is C16H24N2O.